The van der Waals surface area contributed by atoms with Crippen LogP contribution in [0, 0.1) is 0 Å². The third kappa shape index (κ3) is 4.83. The van der Waals surface area contributed by atoms with E-state index in [2.05, 4.69) is 53.4 Å². The molecule has 0 radical (unpaired) electrons. The first-order chi connectivity index (χ1) is 12.6. The number of benzene rings is 2. The number of hydrogen-bond acceptors (Lipinski definition) is 4. The molecule has 1 aliphatic rings. The minimum atomic E-state index is -3.10. The SMILES string of the molecule is CCOP(=O)(C[C@H](Cc1ccccc1)N1Cc2ccccc2C1)OCC. The van der Waals surface area contributed by atoms with Crippen molar-refractivity contribution in [2.45, 2.75) is 39.4 Å². The quantitative estimate of drug-likeness (QED) is 0.587. The fourth-order valence-electron chi connectivity index (χ4n) is 3.61. The van der Waals surface area contributed by atoms with Gasteiger partial charge in [0.15, 0.2) is 0 Å². The van der Waals surface area contributed by atoms with E-state index in [1.165, 1.54) is 16.7 Å². The van der Waals surface area contributed by atoms with E-state index in [9.17, 15) is 4.57 Å². The second-order valence-corrected chi connectivity index (χ2v) is 8.75. The lowest BCUT2D eigenvalue weighted by atomic mass is 10.1. The molecule has 0 N–H and O–H groups in total. The van der Waals surface area contributed by atoms with Gasteiger partial charge in [0.25, 0.3) is 0 Å². The smallest absolute Gasteiger partial charge is 0.309 e. The van der Waals surface area contributed by atoms with Crippen LogP contribution in [0.5, 0.6) is 0 Å². The fraction of sp³-hybridized carbons (Fsp3) is 0.429. The average molecular weight is 373 g/mol. The van der Waals surface area contributed by atoms with Crippen molar-refractivity contribution in [3.05, 3.63) is 71.3 Å². The van der Waals surface area contributed by atoms with Crippen LogP contribution in [0.15, 0.2) is 54.6 Å². The van der Waals surface area contributed by atoms with Gasteiger partial charge in [-0.3, -0.25) is 9.46 Å². The van der Waals surface area contributed by atoms with Crippen molar-refractivity contribution < 1.29 is 13.6 Å². The number of rotatable bonds is 9. The molecule has 26 heavy (non-hydrogen) atoms. The molecule has 0 aliphatic carbocycles. The van der Waals surface area contributed by atoms with Gasteiger partial charge in [0.1, 0.15) is 0 Å². The van der Waals surface area contributed by atoms with Crippen molar-refractivity contribution in [1.29, 1.82) is 0 Å². The van der Waals surface area contributed by atoms with Crippen LogP contribution >= 0.6 is 7.60 Å². The van der Waals surface area contributed by atoms with Crippen molar-refractivity contribution in [3.63, 3.8) is 0 Å². The maximum Gasteiger partial charge on any atom is 0.332 e. The van der Waals surface area contributed by atoms with E-state index in [4.69, 9.17) is 9.05 Å². The third-order valence-electron chi connectivity index (χ3n) is 4.78. The fourth-order valence-corrected chi connectivity index (χ4v) is 5.56. The normalized spacial score (nSPS) is 15.8. The molecule has 140 valence electrons. The van der Waals surface area contributed by atoms with Crippen LogP contribution in [-0.4, -0.2) is 30.3 Å². The van der Waals surface area contributed by atoms with Crippen molar-refractivity contribution in [1.82, 2.24) is 4.90 Å². The standard InChI is InChI=1S/C21H28NO3P/c1-3-24-26(23,25-4-2)17-21(14-18-10-6-5-7-11-18)22-15-19-12-8-9-13-20(19)16-22/h5-13,21H,3-4,14-17H2,1-2H3/t21-/m0/s1. The Hall–Kier alpha value is -1.45. The van der Waals surface area contributed by atoms with E-state index < -0.39 is 7.60 Å². The van der Waals surface area contributed by atoms with Crippen LogP contribution in [0.2, 0.25) is 0 Å². The van der Waals surface area contributed by atoms with Gasteiger partial charge in [0.2, 0.25) is 0 Å². The van der Waals surface area contributed by atoms with Crippen molar-refractivity contribution in [2.75, 3.05) is 19.4 Å². The lowest BCUT2D eigenvalue weighted by Gasteiger charge is -2.30. The Morgan fingerprint density at radius 1 is 0.923 bits per heavy atom. The highest BCUT2D eigenvalue weighted by molar-refractivity contribution is 7.53. The molecule has 0 saturated heterocycles. The maximum absolute atomic E-state index is 13.2. The van der Waals surface area contributed by atoms with Gasteiger partial charge in [0, 0.05) is 19.1 Å². The lowest BCUT2D eigenvalue weighted by Crippen LogP contribution is -2.36. The summed E-state index contributed by atoms with van der Waals surface area (Å²) in [4.78, 5) is 2.41. The summed E-state index contributed by atoms with van der Waals surface area (Å²) in [6.45, 7) is 6.29. The number of fused-ring (bicyclic) bond motifs is 1. The number of nitrogens with zero attached hydrogens (tertiary/aromatic N) is 1. The summed E-state index contributed by atoms with van der Waals surface area (Å²) >= 11 is 0. The van der Waals surface area contributed by atoms with Gasteiger partial charge >= 0.3 is 7.60 Å². The molecule has 0 amide bonds. The van der Waals surface area contributed by atoms with E-state index in [0.29, 0.717) is 19.4 Å². The molecule has 1 heterocycles. The first kappa shape index (κ1) is 19.3. The van der Waals surface area contributed by atoms with E-state index >= 15 is 0 Å². The predicted octanol–water partition coefficient (Wildman–Crippen LogP) is 4.88. The summed E-state index contributed by atoms with van der Waals surface area (Å²) in [7, 11) is -3.10. The highest BCUT2D eigenvalue weighted by Crippen LogP contribution is 2.50. The zero-order chi connectivity index (χ0) is 18.4. The monoisotopic (exact) mass is 373 g/mol. The molecule has 1 aliphatic heterocycles. The van der Waals surface area contributed by atoms with Crippen molar-refractivity contribution in [2.24, 2.45) is 0 Å². The molecule has 0 saturated carbocycles. The molecule has 5 heteroatoms. The Labute approximate surface area is 156 Å². The molecule has 0 spiro atoms. The number of hydrogen-bond donors (Lipinski definition) is 0. The summed E-state index contributed by atoms with van der Waals surface area (Å²) in [5.74, 6) is 0. The molecule has 0 bridgehead atoms. The zero-order valence-corrected chi connectivity index (χ0v) is 16.5. The van der Waals surface area contributed by atoms with Crippen LogP contribution in [0.1, 0.15) is 30.5 Å². The largest absolute Gasteiger partial charge is 0.332 e. The first-order valence-corrected chi connectivity index (χ1v) is 11.1. The van der Waals surface area contributed by atoms with Crippen LogP contribution in [-0.2, 0) is 33.1 Å². The third-order valence-corrected chi connectivity index (χ3v) is 6.95. The molecule has 0 aromatic heterocycles. The minimum absolute atomic E-state index is 0.105. The Balaban J connectivity index is 1.81. The molecule has 3 rings (SSSR count). The van der Waals surface area contributed by atoms with Crippen LogP contribution in [0.4, 0.5) is 0 Å². The Bertz CT molecular complexity index is 715. The molecular weight excluding hydrogens is 345 g/mol. The van der Waals surface area contributed by atoms with Gasteiger partial charge in [-0.25, -0.2) is 0 Å². The topological polar surface area (TPSA) is 38.8 Å². The second kappa shape index (κ2) is 8.96. The van der Waals surface area contributed by atoms with E-state index in [1.54, 1.807) is 0 Å². The Kier molecular flexibility index (Phi) is 6.66. The van der Waals surface area contributed by atoms with Gasteiger partial charge in [-0.2, -0.15) is 0 Å². The second-order valence-electron chi connectivity index (χ2n) is 6.65. The maximum atomic E-state index is 13.2. The van der Waals surface area contributed by atoms with Crippen molar-refractivity contribution in [3.8, 4) is 0 Å². The summed E-state index contributed by atoms with van der Waals surface area (Å²) in [6, 6.07) is 19.0. The summed E-state index contributed by atoms with van der Waals surface area (Å²) in [6.07, 6.45) is 1.25. The van der Waals surface area contributed by atoms with Crippen molar-refractivity contribution >= 4 is 7.60 Å². The Morgan fingerprint density at radius 3 is 2.00 bits per heavy atom. The van der Waals surface area contributed by atoms with Gasteiger partial charge in [-0.1, -0.05) is 54.6 Å². The summed E-state index contributed by atoms with van der Waals surface area (Å²) in [5, 5.41) is 0. The summed E-state index contributed by atoms with van der Waals surface area (Å²) in [5.41, 5.74) is 3.95. The molecule has 2 aromatic carbocycles. The molecule has 0 unspecified atom stereocenters. The zero-order valence-electron chi connectivity index (χ0n) is 15.6. The van der Waals surface area contributed by atoms with Crippen LogP contribution in [0.25, 0.3) is 0 Å². The predicted molar refractivity (Wildman–Crippen MR) is 105 cm³/mol. The first-order valence-electron chi connectivity index (χ1n) is 9.36. The lowest BCUT2D eigenvalue weighted by molar-refractivity contribution is 0.182. The molecule has 0 fully saturated rings. The van der Waals surface area contributed by atoms with E-state index in [-0.39, 0.29) is 6.04 Å². The summed E-state index contributed by atoms with van der Waals surface area (Å²) < 4.78 is 24.3. The highest BCUT2D eigenvalue weighted by atomic mass is 31.2. The molecule has 1 atom stereocenters. The van der Waals surface area contributed by atoms with Crippen LogP contribution in [0.3, 0.4) is 0 Å². The van der Waals surface area contributed by atoms with Gasteiger partial charge in [-0.05, 0) is 37.0 Å². The Morgan fingerprint density at radius 2 is 1.46 bits per heavy atom. The van der Waals surface area contributed by atoms with Gasteiger partial charge in [0.05, 0.1) is 19.4 Å². The van der Waals surface area contributed by atoms with E-state index in [0.717, 1.165) is 19.5 Å². The van der Waals surface area contributed by atoms with Crippen LogP contribution < -0.4 is 0 Å². The molecule has 4 nitrogen and oxygen atoms in total. The van der Waals surface area contributed by atoms with Gasteiger partial charge < -0.3 is 9.05 Å². The minimum Gasteiger partial charge on any atom is -0.309 e. The molecule has 2 aromatic rings. The average Bonchev–Trinajstić information content (AvgIpc) is 3.06. The van der Waals surface area contributed by atoms with Gasteiger partial charge in [-0.15, -0.1) is 0 Å². The van der Waals surface area contributed by atoms with E-state index in [1.807, 2.05) is 19.9 Å². The molecular formula is C21H28NO3P. The highest BCUT2D eigenvalue weighted by Gasteiger charge is 2.34.